The van der Waals surface area contributed by atoms with Gasteiger partial charge in [0.25, 0.3) is 0 Å². The molecule has 1 aliphatic heterocycles. The van der Waals surface area contributed by atoms with Crippen LogP contribution in [0, 0.1) is 6.92 Å². The van der Waals surface area contributed by atoms with Crippen molar-refractivity contribution in [2.45, 2.75) is 31.5 Å². The van der Waals surface area contributed by atoms with Gasteiger partial charge in [0.1, 0.15) is 6.23 Å². The topological polar surface area (TPSA) is 61.4 Å². The van der Waals surface area contributed by atoms with E-state index in [1.807, 2.05) is 6.92 Å². The van der Waals surface area contributed by atoms with Crippen LogP contribution in [0.25, 0.3) is 0 Å². The number of aliphatic hydroxyl groups is 1. The first-order valence-electron chi connectivity index (χ1n) is 4.12. The molecule has 2 atom stereocenters. The van der Waals surface area contributed by atoms with E-state index >= 15 is 0 Å². The molecule has 1 fully saturated rings. The normalized spacial score (nSPS) is 31.6. The van der Waals surface area contributed by atoms with Crippen molar-refractivity contribution in [3.05, 3.63) is 6.92 Å². The maximum Gasteiger partial charge on any atom is 0.241 e. The molecular formula is C8H15N2O2. The van der Waals surface area contributed by atoms with Crippen LogP contribution in [-0.2, 0) is 4.79 Å². The van der Waals surface area contributed by atoms with Crippen LogP contribution in [0.15, 0.2) is 0 Å². The van der Waals surface area contributed by atoms with Crippen LogP contribution in [0.5, 0.6) is 0 Å². The summed E-state index contributed by atoms with van der Waals surface area (Å²) in [4.78, 5) is 11.4. The van der Waals surface area contributed by atoms with Crippen molar-refractivity contribution in [1.82, 2.24) is 10.6 Å². The number of rotatable bonds is 2. The summed E-state index contributed by atoms with van der Waals surface area (Å²) in [6, 6.07) is 0. The molecule has 1 aliphatic rings. The van der Waals surface area contributed by atoms with Crippen LogP contribution in [0.1, 0.15) is 19.8 Å². The molecule has 0 aromatic heterocycles. The Hall–Kier alpha value is -0.610. The van der Waals surface area contributed by atoms with Gasteiger partial charge in [-0.2, -0.15) is 0 Å². The average molecular weight is 171 g/mol. The fourth-order valence-electron chi connectivity index (χ4n) is 1.40. The quantitative estimate of drug-likeness (QED) is 0.486. The van der Waals surface area contributed by atoms with Crippen molar-refractivity contribution >= 4 is 5.91 Å². The molecule has 0 aliphatic carbocycles. The zero-order chi connectivity index (χ0) is 9.19. The molecule has 1 amide bonds. The molecular weight excluding hydrogens is 156 g/mol. The first kappa shape index (κ1) is 9.48. The van der Waals surface area contributed by atoms with E-state index in [9.17, 15) is 4.79 Å². The fraction of sp³-hybridized carbons (Fsp3) is 0.750. The number of nitrogens with one attached hydrogen (secondary N) is 2. The summed E-state index contributed by atoms with van der Waals surface area (Å²) in [5.74, 6) is -0.178. The van der Waals surface area contributed by atoms with E-state index in [-0.39, 0.29) is 5.91 Å². The maximum absolute atomic E-state index is 11.4. The van der Waals surface area contributed by atoms with Crippen molar-refractivity contribution in [2.24, 2.45) is 0 Å². The largest absolute Gasteiger partial charge is 0.374 e. The number of carbonyl (C=O) groups excluding carboxylic acids is 1. The number of hydrogen-bond donors (Lipinski definition) is 3. The summed E-state index contributed by atoms with van der Waals surface area (Å²) in [5, 5.41) is 14.3. The summed E-state index contributed by atoms with van der Waals surface area (Å²) >= 11 is 0. The van der Waals surface area contributed by atoms with Crippen LogP contribution in [-0.4, -0.2) is 29.3 Å². The highest BCUT2D eigenvalue weighted by molar-refractivity contribution is 5.86. The third-order valence-corrected chi connectivity index (χ3v) is 2.17. The molecule has 69 valence electrons. The predicted molar refractivity (Wildman–Crippen MR) is 45.1 cm³/mol. The average Bonchev–Trinajstić information content (AvgIpc) is 2.36. The summed E-state index contributed by atoms with van der Waals surface area (Å²) in [7, 11) is 0. The lowest BCUT2D eigenvalue weighted by atomic mass is 9.99. The lowest BCUT2D eigenvalue weighted by molar-refractivity contribution is -0.128. The minimum absolute atomic E-state index is 0.178. The summed E-state index contributed by atoms with van der Waals surface area (Å²) < 4.78 is 0. The molecule has 0 spiro atoms. The van der Waals surface area contributed by atoms with Crippen LogP contribution in [0.3, 0.4) is 0 Å². The summed E-state index contributed by atoms with van der Waals surface area (Å²) in [6.07, 6.45) is 0.791. The highest BCUT2D eigenvalue weighted by atomic mass is 16.3. The SMILES string of the molecule is [CH2][C@@H](O)NC(=O)C1(C)CCCN1. The summed E-state index contributed by atoms with van der Waals surface area (Å²) in [5.41, 5.74) is -0.515. The zero-order valence-corrected chi connectivity index (χ0v) is 7.26. The van der Waals surface area contributed by atoms with Gasteiger partial charge >= 0.3 is 0 Å². The van der Waals surface area contributed by atoms with Crippen molar-refractivity contribution in [1.29, 1.82) is 0 Å². The van der Waals surface area contributed by atoms with Gasteiger partial charge in [-0.1, -0.05) is 0 Å². The first-order valence-corrected chi connectivity index (χ1v) is 4.12. The van der Waals surface area contributed by atoms with E-state index in [2.05, 4.69) is 17.6 Å². The molecule has 0 saturated carbocycles. The molecule has 1 radical (unpaired) electrons. The van der Waals surface area contributed by atoms with Crippen LogP contribution in [0.4, 0.5) is 0 Å². The molecule has 4 heteroatoms. The van der Waals surface area contributed by atoms with Gasteiger partial charge in [0.05, 0.1) is 5.54 Å². The smallest absolute Gasteiger partial charge is 0.241 e. The van der Waals surface area contributed by atoms with E-state index in [1.165, 1.54) is 0 Å². The molecule has 0 aromatic carbocycles. The van der Waals surface area contributed by atoms with Gasteiger partial charge in [-0.25, -0.2) is 0 Å². The van der Waals surface area contributed by atoms with Crippen molar-refractivity contribution in [3.63, 3.8) is 0 Å². The Morgan fingerprint density at radius 2 is 2.50 bits per heavy atom. The predicted octanol–water partition coefficient (Wildman–Crippen LogP) is -0.603. The van der Waals surface area contributed by atoms with Gasteiger partial charge < -0.3 is 15.7 Å². The Kier molecular flexibility index (Phi) is 2.69. The van der Waals surface area contributed by atoms with Gasteiger partial charge in [0, 0.05) is 0 Å². The number of amides is 1. The summed E-state index contributed by atoms with van der Waals surface area (Å²) in [6.45, 7) is 5.97. The Bertz CT molecular complexity index is 174. The molecule has 1 heterocycles. The highest BCUT2D eigenvalue weighted by Gasteiger charge is 2.35. The van der Waals surface area contributed by atoms with Gasteiger partial charge in [0.15, 0.2) is 0 Å². The maximum atomic E-state index is 11.4. The third-order valence-electron chi connectivity index (χ3n) is 2.17. The third kappa shape index (κ3) is 1.95. The first-order chi connectivity index (χ1) is 5.54. The Morgan fingerprint density at radius 1 is 1.83 bits per heavy atom. The van der Waals surface area contributed by atoms with Crippen LogP contribution < -0.4 is 10.6 Å². The van der Waals surface area contributed by atoms with Crippen LogP contribution in [0.2, 0.25) is 0 Å². The fourth-order valence-corrected chi connectivity index (χ4v) is 1.40. The standard InChI is InChI=1S/C8H15N2O2/c1-6(11)10-7(12)8(2)4-3-5-9-8/h6,9,11H,1,3-5H2,2H3,(H,10,12)/t6-,8?/m1/s1. The molecule has 4 nitrogen and oxygen atoms in total. The lowest BCUT2D eigenvalue weighted by Crippen LogP contribution is -2.53. The minimum Gasteiger partial charge on any atom is -0.374 e. The molecule has 1 saturated heterocycles. The molecule has 3 N–H and O–H groups in total. The monoisotopic (exact) mass is 171 g/mol. The molecule has 1 unspecified atom stereocenters. The van der Waals surface area contributed by atoms with E-state index in [4.69, 9.17) is 5.11 Å². The highest BCUT2D eigenvalue weighted by Crippen LogP contribution is 2.18. The second kappa shape index (κ2) is 3.41. The number of aliphatic hydroxyl groups excluding tert-OH is 1. The second-order valence-corrected chi connectivity index (χ2v) is 3.35. The number of hydrogen-bond acceptors (Lipinski definition) is 3. The van der Waals surface area contributed by atoms with Gasteiger partial charge in [-0.3, -0.25) is 4.79 Å². The van der Waals surface area contributed by atoms with Gasteiger partial charge in [-0.15, -0.1) is 0 Å². The van der Waals surface area contributed by atoms with Crippen molar-refractivity contribution in [3.8, 4) is 0 Å². The number of carbonyl (C=O) groups is 1. The molecule has 0 aromatic rings. The zero-order valence-electron chi connectivity index (χ0n) is 7.26. The van der Waals surface area contributed by atoms with E-state index in [0.717, 1.165) is 19.4 Å². The molecule has 12 heavy (non-hydrogen) atoms. The van der Waals surface area contributed by atoms with E-state index in [0.29, 0.717) is 0 Å². The second-order valence-electron chi connectivity index (χ2n) is 3.35. The Balaban J connectivity index is 2.50. The lowest BCUT2D eigenvalue weighted by Gasteiger charge is -2.23. The van der Waals surface area contributed by atoms with Crippen molar-refractivity contribution < 1.29 is 9.90 Å². The van der Waals surface area contributed by atoms with E-state index < -0.39 is 11.8 Å². The van der Waals surface area contributed by atoms with Gasteiger partial charge in [0.2, 0.25) is 5.91 Å². The van der Waals surface area contributed by atoms with Crippen molar-refractivity contribution in [2.75, 3.05) is 6.54 Å². The Morgan fingerprint density at radius 3 is 2.92 bits per heavy atom. The van der Waals surface area contributed by atoms with Gasteiger partial charge in [-0.05, 0) is 33.2 Å². The molecule has 1 rings (SSSR count). The minimum atomic E-state index is -1.02. The van der Waals surface area contributed by atoms with Crippen LogP contribution >= 0.6 is 0 Å². The molecule has 0 bridgehead atoms. The Labute approximate surface area is 72.3 Å². The van der Waals surface area contributed by atoms with E-state index in [1.54, 1.807) is 0 Å².